The summed E-state index contributed by atoms with van der Waals surface area (Å²) in [6.07, 6.45) is -2.96. The van der Waals surface area contributed by atoms with Gasteiger partial charge in [0.2, 0.25) is 0 Å². The summed E-state index contributed by atoms with van der Waals surface area (Å²) in [5.74, 6) is -0.0591. The molecule has 1 saturated heterocycles. The van der Waals surface area contributed by atoms with Crippen molar-refractivity contribution in [3.8, 4) is 0 Å². The number of aromatic nitrogens is 1. The predicted octanol–water partition coefficient (Wildman–Crippen LogP) is 2.65. The molecule has 144 valence electrons. The van der Waals surface area contributed by atoms with Gasteiger partial charge in [0.15, 0.2) is 0 Å². The number of hydrogen-bond donors (Lipinski definition) is 2. The van der Waals surface area contributed by atoms with Gasteiger partial charge in [-0.25, -0.2) is 4.98 Å². The van der Waals surface area contributed by atoms with Crippen LogP contribution in [0.1, 0.15) is 21.5 Å². The molecule has 0 aliphatic carbocycles. The fourth-order valence-corrected chi connectivity index (χ4v) is 2.85. The van der Waals surface area contributed by atoms with E-state index in [4.69, 9.17) is 10.5 Å². The minimum absolute atomic E-state index is 0.0343. The summed E-state index contributed by atoms with van der Waals surface area (Å²) in [5.41, 5.74) is 5.22. The fourth-order valence-electron chi connectivity index (χ4n) is 2.85. The van der Waals surface area contributed by atoms with Crippen LogP contribution in [0.5, 0.6) is 0 Å². The molecule has 3 N–H and O–H groups in total. The van der Waals surface area contributed by atoms with Crippen LogP contribution in [0.2, 0.25) is 0 Å². The number of nitrogens with two attached hydrogens (primary N) is 1. The van der Waals surface area contributed by atoms with Gasteiger partial charge in [-0.2, -0.15) is 13.2 Å². The van der Waals surface area contributed by atoms with Gasteiger partial charge in [-0.1, -0.05) is 0 Å². The van der Waals surface area contributed by atoms with Gasteiger partial charge < -0.3 is 20.7 Å². The molecule has 1 fully saturated rings. The Morgan fingerprint density at radius 3 is 2.67 bits per heavy atom. The van der Waals surface area contributed by atoms with Crippen LogP contribution in [-0.4, -0.2) is 37.2 Å². The number of anilines is 2. The fraction of sp³-hybridized carbons (Fsp3) is 0.333. The lowest BCUT2D eigenvalue weighted by molar-refractivity contribution is -0.137. The first-order valence-electron chi connectivity index (χ1n) is 8.39. The topological polar surface area (TPSA) is 80.5 Å². The van der Waals surface area contributed by atoms with Gasteiger partial charge in [0.1, 0.15) is 5.82 Å². The summed E-state index contributed by atoms with van der Waals surface area (Å²) in [4.78, 5) is 18.9. The molecule has 0 atom stereocenters. The zero-order chi connectivity index (χ0) is 19.4. The van der Waals surface area contributed by atoms with Crippen LogP contribution >= 0.6 is 0 Å². The lowest BCUT2D eigenvalue weighted by Gasteiger charge is -2.29. The maximum absolute atomic E-state index is 13.1. The van der Waals surface area contributed by atoms with Gasteiger partial charge in [-0.15, -0.1) is 0 Å². The summed E-state index contributed by atoms with van der Waals surface area (Å²) in [6, 6.07) is 6.49. The van der Waals surface area contributed by atoms with Crippen LogP contribution in [-0.2, 0) is 17.5 Å². The molecular weight excluding hydrogens is 361 g/mol. The predicted molar refractivity (Wildman–Crippen MR) is 94.6 cm³/mol. The largest absolute Gasteiger partial charge is 0.416 e. The summed E-state index contributed by atoms with van der Waals surface area (Å²) < 4.78 is 44.5. The molecule has 27 heavy (non-hydrogen) atoms. The standard InChI is InChI=1S/C18H19F3N4O2/c19-18(20,21)13-8-12(11-22)9-14(10-13)24-17(26)15-2-1-3-23-16(15)25-4-6-27-7-5-25/h1-3,8-10H,4-7,11,22H2,(H,24,26). The molecule has 3 rings (SSSR count). The minimum Gasteiger partial charge on any atom is -0.378 e. The summed E-state index contributed by atoms with van der Waals surface area (Å²) in [7, 11) is 0. The Kier molecular flexibility index (Phi) is 5.62. The monoisotopic (exact) mass is 380 g/mol. The highest BCUT2D eigenvalue weighted by atomic mass is 19.4. The average Bonchev–Trinajstić information content (AvgIpc) is 2.67. The first-order chi connectivity index (χ1) is 12.9. The highest BCUT2D eigenvalue weighted by molar-refractivity contribution is 6.07. The molecule has 0 radical (unpaired) electrons. The van der Waals surface area contributed by atoms with Gasteiger partial charge in [-0.05, 0) is 35.9 Å². The molecule has 1 aromatic carbocycles. The molecule has 9 heteroatoms. The molecule has 1 aliphatic rings. The van der Waals surface area contributed by atoms with E-state index in [1.807, 2.05) is 4.90 Å². The van der Waals surface area contributed by atoms with E-state index in [0.717, 1.165) is 12.1 Å². The highest BCUT2D eigenvalue weighted by Crippen LogP contribution is 2.32. The van der Waals surface area contributed by atoms with Crippen molar-refractivity contribution >= 4 is 17.4 Å². The molecule has 6 nitrogen and oxygen atoms in total. The number of benzene rings is 1. The van der Waals surface area contributed by atoms with Crippen molar-refractivity contribution in [2.24, 2.45) is 5.73 Å². The zero-order valence-electron chi connectivity index (χ0n) is 14.4. The molecule has 1 aromatic heterocycles. The average molecular weight is 380 g/mol. The highest BCUT2D eigenvalue weighted by Gasteiger charge is 2.31. The first-order valence-corrected chi connectivity index (χ1v) is 8.39. The summed E-state index contributed by atoms with van der Waals surface area (Å²) in [6.45, 7) is 2.13. The van der Waals surface area contributed by atoms with E-state index in [1.54, 1.807) is 18.3 Å². The third-order valence-corrected chi connectivity index (χ3v) is 4.16. The van der Waals surface area contributed by atoms with Crippen molar-refractivity contribution in [1.29, 1.82) is 0 Å². The van der Waals surface area contributed by atoms with Gasteiger partial charge in [0.05, 0.1) is 24.3 Å². The molecule has 0 saturated carbocycles. The maximum atomic E-state index is 13.1. The minimum atomic E-state index is -4.53. The number of halogens is 3. The van der Waals surface area contributed by atoms with Crippen LogP contribution in [0.4, 0.5) is 24.7 Å². The number of ether oxygens (including phenoxy) is 1. The number of hydrogen-bond acceptors (Lipinski definition) is 5. The van der Waals surface area contributed by atoms with Gasteiger partial charge in [-0.3, -0.25) is 4.79 Å². The first kappa shape index (κ1) is 19.1. The number of carbonyl (C=O) groups is 1. The number of alkyl halides is 3. The van der Waals surface area contributed by atoms with E-state index in [2.05, 4.69) is 10.3 Å². The van der Waals surface area contributed by atoms with Crippen molar-refractivity contribution in [3.05, 3.63) is 53.2 Å². The van der Waals surface area contributed by atoms with E-state index < -0.39 is 17.6 Å². The molecule has 0 spiro atoms. The van der Waals surface area contributed by atoms with Crippen LogP contribution in [0.3, 0.4) is 0 Å². The molecule has 0 unspecified atom stereocenters. The molecule has 0 bridgehead atoms. The SMILES string of the molecule is NCc1cc(NC(=O)c2cccnc2N2CCOCC2)cc(C(F)(F)F)c1. The third kappa shape index (κ3) is 4.55. The molecule has 1 amide bonds. The molecule has 2 aromatic rings. The number of rotatable bonds is 4. The molecule has 2 heterocycles. The Balaban J connectivity index is 1.88. The maximum Gasteiger partial charge on any atom is 0.416 e. The van der Waals surface area contributed by atoms with Crippen molar-refractivity contribution < 1.29 is 22.7 Å². The smallest absolute Gasteiger partial charge is 0.378 e. The normalized spacial score (nSPS) is 14.9. The van der Waals surface area contributed by atoms with E-state index in [-0.39, 0.29) is 23.4 Å². The van der Waals surface area contributed by atoms with E-state index >= 15 is 0 Å². The van der Waals surface area contributed by atoms with Gasteiger partial charge in [0.25, 0.3) is 5.91 Å². The van der Waals surface area contributed by atoms with Crippen LogP contribution in [0.15, 0.2) is 36.5 Å². The Labute approximate surface area is 154 Å². The molecular formula is C18H19F3N4O2. The third-order valence-electron chi connectivity index (χ3n) is 4.16. The van der Waals surface area contributed by atoms with Crippen LogP contribution in [0, 0.1) is 0 Å². The Hall–Kier alpha value is -2.65. The van der Waals surface area contributed by atoms with Crippen molar-refractivity contribution in [3.63, 3.8) is 0 Å². The second-order valence-corrected chi connectivity index (χ2v) is 6.05. The van der Waals surface area contributed by atoms with Gasteiger partial charge in [0, 0.05) is 31.5 Å². The second kappa shape index (κ2) is 7.93. The zero-order valence-corrected chi connectivity index (χ0v) is 14.4. The van der Waals surface area contributed by atoms with Crippen molar-refractivity contribution in [1.82, 2.24) is 4.98 Å². The molecule has 1 aliphatic heterocycles. The van der Waals surface area contributed by atoms with Gasteiger partial charge >= 0.3 is 6.18 Å². The number of morpholine rings is 1. The number of pyridine rings is 1. The number of nitrogens with one attached hydrogen (secondary N) is 1. The number of amides is 1. The van der Waals surface area contributed by atoms with Crippen molar-refractivity contribution in [2.45, 2.75) is 12.7 Å². The van der Waals surface area contributed by atoms with Crippen LogP contribution in [0.25, 0.3) is 0 Å². The Bertz CT molecular complexity index is 820. The van der Waals surface area contributed by atoms with E-state index in [9.17, 15) is 18.0 Å². The lowest BCUT2D eigenvalue weighted by atomic mass is 10.1. The lowest BCUT2D eigenvalue weighted by Crippen LogP contribution is -2.38. The Morgan fingerprint density at radius 1 is 1.26 bits per heavy atom. The number of carbonyl (C=O) groups excluding carboxylic acids is 1. The van der Waals surface area contributed by atoms with Crippen molar-refractivity contribution in [2.75, 3.05) is 36.5 Å². The number of nitrogens with zero attached hydrogens (tertiary/aromatic N) is 2. The summed E-state index contributed by atoms with van der Waals surface area (Å²) in [5, 5.41) is 2.53. The van der Waals surface area contributed by atoms with Crippen LogP contribution < -0.4 is 16.0 Å². The Morgan fingerprint density at radius 2 is 2.00 bits per heavy atom. The van der Waals surface area contributed by atoms with E-state index in [1.165, 1.54) is 6.07 Å². The quantitative estimate of drug-likeness (QED) is 0.852. The van der Waals surface area contributed by atoms with E-state index in [0.29, 0.717) is 32.1 Å². The summed E-state index contributed by atoms with van der Waals surface area (Å²) >= 11 is 0. The second-order valence-electron chi connectivity index (χ2n) is 6.05.